The fourth-order valence-electron chi connectivity index (χ4n) is 4.91. The van der Waals surface area contributed by atoms with Gasteiger partial charge in [-0.2, -0.15) is 0 Å². The van der Waals surface area contributed by atoms with Crippen LogP contribution in [0, 0.1) is 6.92 Å². The molecule has 11 heteroatoms. The molecule has 3 aromatic carbocycles. The molecular weight excluding hydrogens is 554 g/mol. The highest BCUT2D eigenvalue weighted by Crippen LogP contribution is 2.28. The first-order valence-electron chi connectivity index (χ1n) is 13.8. The lowest BCUT2D eigenvalue weighted by Crippen LogP contribution is -2.40. The van der Waals surface area contributed by atoms with Crippen LogP contribution >= 0.6 is 0 Å². The number of amides is 3. The summed E-state index contributed by atoms with van der Waals surface area (Å²) < 4.78 is 21.0. The van der Waals surface area contributed by atoms with E-state index in [0.29, 0.717) is 23.7 Å². The van der Waals surface area contributed by atoms with Crippen molar-refractivity contribution in [1.82, 2.24) is 4.90 Å². The second-order valence-electron chi connectivity index (χ2n) is 9.99. The Hall–Kier alpha value is -5.06. The van der Waals surface area contributed by atoms with Crippen molar-refractivity contribution in [1.29, 1.82) is 0 Å². The maximum Gasteiger partial charge on any atom is 0.341 e. The summed E-state index contributed by atoms with van der Waals surface area (Å²) in [7, 11) is 4.00. The van der Waals surface area contributed by atoms with Crippen molar-refractivity contribution in [3.8, 4) is 11.5 Å². The highest BCUT2D eigenvalue weighted by Gasteiger charge is 2.30. The van der Waals surface area contributed by atoms with Crippen LogP contribution in [0.2, 0.25) is 0 Å². The third kappa shape index (κ3) is 7.62. The Labute approximate surface area is 250 Å². The van der Waals surface area contributed by atoms with E-state index >= 15 is 0 Å². The molecule has 226 valence electrons. The zero-order valence-electron chi connectivity index (χ0n) is 24.6. The minimum absolute atomic E-state index is 0.0830. The largest absolute Gasteiger partial charge is 0.495 e. The van der Waals surface area contributed by atoms with E-state index in [1.165, 1.54) is 39.5 Å². The first-order chi connectivity index (χ1) is 20.7. The second-order valence-corrected chi connectivity index (χ2v) is 9.99. The van der Waals surface area contributed by atoms with Crippen LogP contribution in [0.3, 0.4) is 0 Å². The van der Waals surface area contributed by atoms with Crippen LogP contribution in [-0.4, -0.2) is 69.3 Å². The molecule has 11 nitrogen and oxygen atoms in total. The van der Waals surface area contributed by atoms with E-state index in [4.69, 9.17) is 18.9 Å². The number of methoxy groups -OCH3 is 3. The number of benzene rings is 3. The normalized spacial score (nSPS) is 14.0. The van der Waals surface area contributed by atoms with E-state index < -0.39 is 18.0 Å². The standard InChI is InChI=1S/C32H35N3O8/c1-20-8-5-6-10-25(20)33-32(39)34-26-13-11-21(16-28(26)40-2)17-29(36)35-15-7-9-23(35)19-43-27-14-12-22(30(37)41-3)18-24(27)31(38)42-4/h5-6,8,10-14,16,18,23H,7,9,15,17,19H2,1-4H3,(H2,33,34,39)/t23-/m0/s1. The van der Waals surface area contributed by atoms with Crippen LogP contribution in [0.15, 0.2) is 60.7 Å². The van der Waals surface area contributed by atoms with Gasteiger partial charge in [0.25, 0.3) is 0 Å². The van der Waals surface area contributed by atoms with E-state index in [1.807, 2.05) is 31.2 Å². The quantitative estimate of drug-likeness (QED) is 0.321. The van der Waals surface area contributed by atoms with Crippen LogP contribution in [0.25, 0.3) is 0 Å². The average molecular weight is 590 g/mol. The predicted octanol–water partition coefficient (Wildman–Crippen LogP) is 4.83. The number of nitrogens with zero attached hydrogens (tertiary/aromatic N) is 1. The highest BCUT2D eigenvalue weighted by molar-refractivity contribution is 6.01. The number of anilines is 2. The van der Waals surface area contributed by atoms with E-state index in [1.54, 1.807) is 23.1 Å². The zero-order valence-corrected chi connectivity index (χ0v) is 24.6. The van der Waals surface area contributed by atoms with Gasteiger partial charge < -0.3 is 34.5 Å². The maximum absolute atomic E-state index is 13.3. The first-order valence-corrected chi connectivity index (χ1v) is 13.8. The molecule has 1 aliphatic rings. The Morgan fingerprint density at radius 2 is 1.60 bits per heavy atom. The molecule has 0 saturated carbocycles. The monoisotopic (exact) mass is 589 g/mol. The molecule has 0 aromatic heterocycles. The van der Waals surface area contributed by atoms with Crippen LogP contribution < -0.4 is 20.1 Å². The smallest absolute Gasteiger partial charge is 0.341 e. The minimum atomic E-state index is -0.653. The molecule has 1 atom stereocenters. The Morgan fingerprint density at radius 1 is 0.860 bits per heavy atom. The third-order valence-corrected chi connectivity index (χ3v) is 7.20. The molecule has 3 amide bonds. The van der Waals surface area contributed by atoms with Gasteiger partial charge in [-0.15, -0.1) is 0 Å². The topological polar surface area (TPSA) is 132 Å². The average Bonchev–Trinajstić information content (AvgIpc) is 3.50. The van der Waals surface area contributed by atoms with Crippen molar-refractivity contribution in [3.63, 3.8) is 0 Å². The molecule has 43 heavy (non-hydrogen) atoms. The lowest BCUT2D eigenvalue weighted by Gasteiger charge is -2.25. The summed E-state index contributed by atoms with van der Waals surface area (Å²) in [6, 6.07) is 16.4. The van der Waals surface area contributed by atoms with Gasteiger partial charge in [0, 0.05) is 12.2 Å². The van der Waals surface area contributed by atoms with Gasteiger partial charge >= 0.3 is 18.0 Å². The number of nitrogens with one attached hydrogen (secondary N) is 2. The Bertz CT molecular complexity index is 1510. The molecule has 0 aliphatic carbocycles. The summed E-state index contributed by atoms with van der Waals surface area (Å²) >= 11 is 0. The van der Waals surface area contributed by atoms with Crippen molar-refractivity contribution >= 4 is 35.3 Å². The predicted molar refractivity (Wildman–Crippen MR) is 160 cm³/mol. The summed E-state index contributed by atoms with van der Waals surface area (Å²) in [5.41, 5.74) is 3.11. The maximum atomic E-state index is 13.3. The van der Waals surface area contributed by atoms with Crippen LogP contribution in [0.1, 0.15) is 44.7 Å². The number of hydrogen-bond donors (Lipinski definition) is 2. The number of carbonyl (C=O) groups is 4. The van der Waals surface area contributed by atoms with Crippen LogP contribution in [-0.2, 0) is 20.7 Å². The molecule has 0 unspecified atom stereocenters. The fourth-order valence-corrected chi connectivity index (χ4v) is 4.91. The van der Waals surface area contributed by atoms with E-state index in [2.05, 4.69) is 10.6 Å². The van der Waals surface area contributed by atoms with E-state index in [-0.39, 0.29) is 41.9 Å². The number of rotatable bonds is 10. The number of carbonyl (C=O) groups excluding carboxylic acids is 4. The molecule has 1 fully saturated rings. The summed E-state index contributed by atoms with van der Waals surface area (Å²) in [4.78, 5) is 51.9. The number of likely N-dealkylation sites (tertiary alicyclic amines) is 1. The third-order valence-electron chi connectivity index (χ3n) is 7.20. The fraction of sp³-hybridized carbons (Fsp3) is 0.312. The Balaban J connectivity index is 1.39. The number of aryl methyl sites for hydroxylation is 1. The zero-order chi connectivity index (χ0) is 30.9. The Morgan fingerprint density at radius 3 is 2.33 bits per heavy atom. The van der Waals surface area contributed by atoms with Gasteiger partial charge in [-0.1, -0.05) is 24.3 Å². The molecular formula is C32H35N3O8. The van der Waals surface area contributed by atoms with Gasteiger partial charge in [0.2, 0.25) is 5.91 Å². The highest BCUT2D eigenvalue weighted by atomic mass is 16.5. The van der Waals surface area contributed by atoms with Crippen LogP contribution in [0.5, 0.6) is 11.5 Å². The van der Waals surface area contributed by atoms with Gasteiger partial charge in [0.1, 0.15) is 23.7 Å². The van der Waals surface area contributed by atoms with Crippen molar-refractivity contribution in [2.75, 3.05) is 45.1 Å². The summed E-state index contributed by atoms with van der Waals surface area (Å²) in [6.45, 7) is 2.64. The molecule has 1 aliphatic heterocycles. The molecule has 0 spiro atoms. The van der Waals surface area contributed by atoms with Crippen molar-refractivity contribution in [3.05, 3.63) is 82.9 Å². The lowest BCUT2D eigenvalue weighted by atomic mass is 10.1. The number of hydrogen-bond acceptors (Lipinski definition) is 8. The lowest BCUT2D eigenvalue weighted by molar-refractivity contribution is -0.131. The van der Waals surface area contributed by atoms with Crippen molar-refractivity contribution in [2.45, 2.75) is 32.2 Å². The molecule has 0 bridgehead atoms. The van der Waals surface area contributed by atoms with Gasteiger partial charge in [0.15, 0.2) is 0 Å². The van der Waals surface area contributed by atoms with Crippen LogP contribution in [0.4, 0.5) is 16.2 Å². The molecule has 0 radical (unpaired) electrons. The van der Waals surface area contributed by atoms with Crippen molar-refractivity contribution < 1.29 is 38.1 Å². The van der Waals surface area contributed by atoms with Gasteiger partial charge in [-0.05, 0) is 67.3 Å². The van der Waals surface area contributed by atoms with Gasteiger partial charge in [-0.3, -0.25) is 4.79 Å². The number of esters is 2. The number of para-hydroxylation sites is 1. The van der Waals surface area contributed by atoms with E-state index in [9.17, 15) is 19.2 Å². The number of ether oxygens (including phenoxy) is 4. The molecule has 4 rings (SSSR count). The molecule has 3 aromatic rings. The second kappa shape index (κ2) is 14.2. The number of urea groups is 1. The first kappa shape index (κ1) is 30.9. The van der Waals surface area contributed by atoms with Crippen molar-refractivity contribution in [2.24, 2.45) is 0 Å². The molecule has 2 N–H and O–H groups in total. The summed E-state index contributed by atoms with van der Waals surface area (Å²) in [5, 5.41) is 5.62. The molecule has 1 saturated heterocycles. The van der Waals surface area contributed by atoms with E-state index in [0.717, 1.165) is 24.0 Å². The van der Waals surface area contributed by atoms with Gasteiger partial charge in [0.05, 0.1) is 45.0 Å². The SMILES string of the molecule is COC(=O)c1ccc(OC[C@@H]2CCCN2C(=O)Cc2ccc(NC(=O)Nc3ccccc3C)c(OC)c2)c(C(=O)OC)c1. The Kier molecular flexibility index (Phi) is 10.2. The summed E-state index contributed by atoms with van der Waals surface area (Å²) in [5.74, 6) is -0.648. The van der Waals surface area contributed by atoms with Gasteiger partial charge in [-0.25, -0.2) is 14.4 Å². The summed E-state index contributed by atoms with van der Waals surface area (Å²) in [6.07, 6.45) is 1.68. The minimum Gasteiger partial charge on any atom is -0.495 e. The molecule has 1 heterocycles.